The second kappa shape index (κ2) is 8.96. The minimum atomic E-state index is 0.789. The lowest BCUT2D eigenvalue weighted by Crippen LogP contribution is -2.44. The highest BCUT2D eigenvalue weighted by Gasteiger charge is 2.30. The standard InChI is InChI=1S/C17H35N/c1-5-9-15(10-6-2)17(18-7-3)16-12-8-11-14(4)13-16/h14-18H,5-13H2,1-4H3. The zero-order valence-electron chi connectivity index (χ0n) is 13.2. The molecule has 0 aromatic heterocycles. The quantitative estimate of drug-likeness (QED) is 0.641. The van der Waals surface area contributed by atoms with E-state index in [1.54, 1.807) is 0 Å². The summed E-state index contributed by atoms with van der Waals surface area (Å²) in [5.41, 5.74) is 0. The van der Waals surface area contributed by atoms with E-state index in [9.17, 15) is 0 Å². The molecule has 0 bridgehead atoms. The summed E-state index contributed by atoms with van der Waals surface area (Å²) in [5.74, 6) is 2.81. The summed E-state index contributed by atoms with van der Waals surface area (Å²) in [6.45, 7) is 10.5. The summed E-state index contributed by atoms with van der Waals surface area (Å²) in [4.78, 5) is 0. The van der Waals surface area contributed by atoms with Crippen LogP contribution < -0.4 is 5.32 Å². The van der Waals surface area contributed by atoms with Gasteiger partial charge in [-0.2, -0.15) is 0 Å². The van der Waals surface area contributed by atoms with Gasteiger partial charge in [-0.1, -0.05) is 53.4 Å². The van der Waals surface area contributed by atoms with Crippen molar-refractivity contribution in [3.63, 3.8) is 0 Å². The van der Waals surface area contributed by atoms with Gasteiger partial charge in [0.1, 0.15) is 0 Å². The molecular weight excluding hydrogens is 218 g/mol. The molecule has 1 aliphatic carbocycles. The maximum atomic E-state index is 3.84. The molecule has 0 amide bonds. The predicted octanol–water partition coefficient (Wildman–Crippen LogP) is 5.01. The number of nitrogens with one attached hydrogen (secondary N) is 1. The highest BCUT2D eigenvalue weighted by molar-refractivity contribution is 4.86. The van der Waals surface area contributed by atoms with Gasteiger partial charge in [0.2, 0.25) is 0 Å². The third-order valence-corrected chi connectivity index (χ3v) is 4.75. The summed E-state index contributed by atoms with van der Waals surface area (Å²) in [5, 5.41) is 3.84. The van der Waals surface area contributed by atoms with Crippen LogP contribution in [-0.2, 0) is 0 Å². The van der Waals surface area contributed by atoms with Crippen LogP contribution in [0.1, 0.15) is 79.1 Å². The fourth-order valence-electron chi connectivity index (χ4n) is 4.01. The predicted molar refractivity (Wildman–Crippen MR) is 81.9 cm³/mol. The van der Waals surface area contributed by atoms with E-state index >= 15 is 0 Å². The Morgan fingerprint density at radius 1 is 1.06 bits per heavy atom. The summed E-state index contributed by atoms with van der Waals surface area (Å²) in [6, 6.07) is 0.789. The Kier molecular flexibility index (Phi) is 7.97. The van der Waals surface area contributed by atoms with E-state index in [1.165, 1.54) is 51.4 Å². The van der Waals surface area contributed by atoms with Crippen LogP contribution in [0.2, 0.25) is 0 Å². The molecule has 1 saturated carbocycles. The molecule has 0 aliphatic heterocycles. The van der Waals surface area contributed by atoms with E-state index in [4.69, 9.17) is 0 Å². The van der Waals surface area contributed by atoms with Crippen LogP contribution in [0.15, 0.2) is 0 Å². The summed E-state index contributed by atoms with van der Waals surface area (Å²) < 4.78 is 0. The smallest absolute Gasteiger partial charge is 0.0124 e. The molecule has 1 nitrogen and oxygen atoms in total. The Morgan fingerprint density at radius 2 is 1.72 bits per heavy atom. The molecule has 0 saturated heterocycles. The van der Waals surface area contributed by atoms with Crippen molar-refractivity contribution in [3.8, 4) is 0 Å². The molecule has 3 unspecified atom stereocenters. The van der Waals surface area contributed by atoms with Gasteiger partial charge in [0.25, 0.3) is 0 Å². The van der Waals surface area contributed by atoms with Crippen molar-refractivity contribution in [1.29, 1.82) is 0 Å². The van der Waals surface area contributed by atoms with Crippen molar-refractivity contribution in [1.82, 2.24) is 5.32 Å². The lowest BCUT2D eigenvalue weighted by molar-refractivity contribution is 0.165. The molecule has 0 radical (unpaired) electrons. The first kappa shape index (κ1) is 16.0. The Morgan fingerprint density at radius 3 is 2.22 bits per heavy atom. The summed E-state index contributed by atoms with van der Waals surface area (Å²) in [7, 11) is 0. The van der Waals surface area contributed by atoms with Crippen LogP contribution in [0, 0.1) is 17.8 Å². The molecule has 0 aromatic rings. The van der Waals surface area contributed by atoms with Crippen molar-refractivity contribution in [2.24, 2.45) is 17.8 Å². The van der Waals surface area contributed by atoms with Crippen molar-refractivity contribution in [2.75, 3.05) is 6.54 Å². The second-order valence-electron chi connectivity index (χ2n) is 6.45. The number of hydrogen-bond donors (Lipinski definition) is 1. The van der Waals surface area contributed by atoms with Gasteiger partial charge in [-0.15, -0.1) is 0 Å². The summed E-state index contributed by atoms with van der Waals surface area (Å²) in [6.07, 6.45) is 11.4. The molecular formula is C17H35N. The summed E-state index contributed by atoms with van der Waals surface area (Å²) >= 11 is 0. The van der Waals surface area contributed by atoms with E-state index in [1.807, 2.05) is 0 Å². The third-order valence-electron chi connectivity index (χ3n) is 4.75. The van der Waals surface area contributed by atoms with Gasteiger partial charge in [-0.05, 0) is 50.0 Å². The molecule has 1 aliphatic rings. The molecule has 1 rings (SSSR count). The van der Waals surface area contributed by atoms with Gasteiger partial charge in [0.05, 0.1) is 0 Å². The van der Waals surface area contributed by atoms with Gasteiger partial charge in [-0.3, -0.25) is 0 Å². The lowest BCUT2D eigenvalue weighted by Gasteiger charge is -2.38. The van der Waals surface area contributed by atoms with E-state index in [0.29, 0.717) is 0 Å². The minimum Gasteiger partial charge on any atom is -0.314 e. The molecule has 0 spiro atoms. The van der Waals surface area contributed by atoms with E-state index in [2.05, 4.69) is 33.0 Å². The van der Waals surface area contributed by atoms with Crippen LogP contribution in [0.5, 0.6) is 0 Å². The van der Waals surface area contributed by atoms with Crippen LogP contribution in [-0.4, -0.2) is 12.6 Å². The van der Waals surface area contributed by atoms with Crippen molar-refractivity contribution in [2.45, 2.75) is 85.1 Å². The van der Waals surface area contributed by atoms with Gasteiger partial charge in [0.15, 0.2) is 0 Å². The average molecular weight is 253 g/mol. The molecule has 1 heteroatoms. The topological polar surface area (TPSA) is 12.0 Å². The lowest BCUT2D eigenvalue weighted by atomic mass is 9.73. The van der Waals surface area contributed by atoms with Crippen molar-refractivity contribution in [3.05, 3.63) is 0 Å². The van der Waals surface area contributed by atoms with E-state index < -0.39 is 0 Å². The third kappa shape index (κ3) is 4.91. The highest BCUT2D eigenvalue weighted by atomic mass is 14.9. The van der Waals surface area contributed by atoms with Gasteiger partial charge in [0, 0.05) is 6.04 Å². The molecule has 0 aromatic carbocycles. The maximum Gasteiger partial charge on any atom is 0.0124 e. The van der Waals surface area contributed by atoms with Gasteiger partial charge >= 0.3 is 0 Å². The van der Waals surface area contributed by atoms with Crippen LogP contribution in [0.4, 0.5) is 0 Å². The minimum absolute atomic E-state index is 0.789. The molecule has 108 valence electrons. The molecule has 0 heterocycles. The fraction of sp³-hybridized carbons (Fsp3) is 1.00. The monoisotopic (exact) mass is 253 g/mol. The Bertz CT molecular complexity index is 191. The van der Waals surface area contributed by atoms with E-state index in [-0.39, 0.29) is 0 Å². The Hall–Kier alpha value is -0.0400. The van der Waals surface area contributed by atoms with Crippen LogP contribution in [0.25, 0.3) is 0 Å². The maximum absolute atomic E-state index is 3.84. The van der Waals surface area contributed by atoms with Gasteiger partial charge in [-0.25, -0.2) is 0 Å². The first-order valence-electron chi connectivity index (χ1n) is 8.46. The zero-order chi connectivity index (χ0) is 13.4. The molecule has 3 atom stereocenters. The molecule has 18 heavy (non-hydrogen) atoms. The highest BCUT2D eigenvalue weighted by Crippen LogP contribution is 2.35. The van der Waals surface area contributed by atoms with Gasteiger partial charge < -0.3 is 5.32 Å². The van der Waals surface area contributed by atoms with Crippen molar-refractivity contribution >= 4 is 0 Å². The largest absolute Gasteiger partial charge is 0.314 e. The van der Waals surface area contributed by atoms with E-state index in [0.717, 1.165) is 30.3 Å². The van der Waals surface area contributed by atoms with Crippen LogP contribution in [0.3, 0.4) is 0 Å². The Labute approximate surface area is 115 Å². The SMILES string of the molecule is CCCC(CCC)C(NCC)C1CCCC(C)C1. The molecule has 1 fully saturated rings. The first-order chi connectivity index (χ1) is 8.72. The zero-order valence-corrected chi connectivity index (χ0v) is 13.2. The Balaban J connectivity index is 2.64. The van der Waals surface area contributed by atoms with Crippen LogP contribution >= 0.6 is 0 Å². The molecule has 1 N–H and O–H groups in total. The number of rotatable bonds is 8. The average Bonchev–Trinajstić information content (AvgIpc) is 2.36. The second-order valence-corrected chi connectivity index (χ2v) is 6.45. The number of hydrogen-bond acceptors (Lipinski definition) is 1. The van der Waals surface area contributed by atoms with Crippen molar-refractivity contribution < 1.29 is 0 Å². The normalized spacial score (nSPS) is 26.5. The first-order valence-corrected chi connectivity index (χ1v) is 8.46. The fourth-order valence-corrected chi connectivity index (χ4v) is 4.01.